The van der Waals surface area contributed by atoms with Crippen molar-refractivity contribution in [3.05, 3.63) is 45.5 Å². The molecule has 0 aliphatic carbocycles. The van der Waals surface area contributed by atoms with Crippen LogP contribution in [-0.2, 0) is 4.79 Å². The van der Waals surface area contributed by atoms with Crippen LogP contribution in [0, 0.1) is 10.1 Å². The van der Waals surface area contributed by atoms with E-state index in [9.17, 15) is 24.8 Å². The zero-order valence-electron chi connectivity index (χ0n) is 12.9. The molecule has 0 saturated heterocycles. The number of carbonyl (C=O) groups excluding carboxylic acids is 2. The number of carbonyl (C=O) groups is 2. The van der Waals surface area contributed by atoms with Gasteiger partial charge in [-0.25, -0.2) is 0 Å². The van der Waals surface area contributed by atoms with Crippen LogP contribution in [0.15, 0.2) is 24.3 Å². The molecule has 0 aromatic heterocycles. The molecule has 8 heteroatoms. The van der Waals surface area contributed by atoms with Crippen LogP contribution >= 0.6 is 0 Å². The molecule has 0 radical (unpaired) electrons. The molecule has 3 rings (SSSR count). The number of hydrogen-bond donors (Lipinski definition) is 2. The summed E-state index contributed by atoms with van der Waals surface area (Å²) in [7, 11) is 0. The summed E-state index contributed by atoms with van der Waals surface area (Å²) in [5, 5.41) is 21.9. The summed E-state index contributed by atoms with van der Waals surface area (Å²) >= 11 is 0. The number of anilines is 1. The first-order valence-corrected chi connectivity index (χ1v) is 7.29. The topological polar surface area (TPSA) is 127 Å². The summed E-state index contributed by atoms with van der Waals surface area (Å²) in [6, 6.07) is 5.76. The summed E-state index contributed by atoms with van der Waals surface area (Å²) in [6.45, 7) is 1.44. The van der Waals surface area contributed by atoms with E-state index in [1.54, 1.807) is 6.07 Å². The number of aliphatic hydroxyl groups is 1. The maximum Gasteiger partial charge on any atom is 0.279 e. The molecule has 2 amide bonds. The lowest BCUT2D eigenvalue weighted by Gasteiger charge is -2.15. The van der Waals surface area contributed by atoms with Gasteiger partial charge in [0.2, 0.25) is 11.8 Å². The Morgan fingerprint density at radius 2 is 2.08 bits per heavy atom. The molecule has 2 aromatic rings. The van der Waals surface area contributed by atoms with Crippen molar-refractivity contribution in [1.29, 1.82) is 0 Å². The van der Waals surface area contributed by atoms with E-state index in [0.717, 1.165) is 0 Å². The summed E-state index contributed by atoms with van der Waals surface area (Å²) in [5.41, 5.74) is 6.30. The highest BCUT2D eigenvalue weighted by molar-refractivity contribution is 6.06. The summed E-state index contributed by atoms with van der Waals surface area (Å²) < 4.78 is 0. The zero-order valence-corrected chi connectivity index (χ0v) is 12.9. The predicted molar refractivity (Wildman–Crippen MR) is 87.0 cm³/mol. The first kappa shape index (κ1) is 15.9. The van der Waals surface area contributed by atoms with Crippen molar-refractivity contribution in [2.75, 3.05) is 18.1 Å². The number of nitro groups is 1. The van der Waals surface area contributed by atoms with Crippen molar-refractivity contribution >= 4 is 34.0 Å². The van der Waals surface area contributed by atoms with Crippen LogP contribution in [0.2, 0.25) is 0 Å². The van der Waals surface area contributed by atoms with Gasteiger partial charge in [-0.15, -0.1) is 0 Å². The van der Waals surface area contributed by atoms with Crippen molar-refractivity contribution in [1.82, 2.24) is 0 Å². The number of hydrogen-bond acceptors (Lipinski definition) is 5. The molecule has 1 atom stereocenters. The number of rotatable bonds is 3. The fourth-order valence-electron chi connectivity index (χ4n) is 3.23. The number of primary amides is 1. The number of fused-ring (bicyclic) bond motifs is 3. The lowest BCUT2D eigenvalue weighted by atomic mass is 9.93. The molecular formula is C16H15N3O5. The van der Waals surface area contributed by atoms with Gasteiger partial charge in [-0.3, -0.25) is 19.7 Å². The lowest BCUT2D eigenvalue weighted by molar-refractivity contribution is -0.383. The number of nitro benzene ring substituents is 1. The molecule has 1 unspecified atom stereocenters. The molecule has 0 spiro atoms. The largest absolute Gasteiger partial charge is 0.396 e. The second-order valence-electron chi connectivity index (χ2n) is 5.72. The maximum atomic E-state index is 11.8. The minimum absolute atomic E-state index is 0.160. The summed E-state index contributed by atoms with van der Waals surface area (Å²) in [5.74, 6) is -1.28. The lowest BCUT2D eigenvalue weighted by Crippen LogP contribution is -2.27. The number of aliphatic hydroxyl groups excluding tert-OH is 1. The molecule has 8 nitrogen and oxygen atoms in total. The third kappa shape index (κ3) is 2.28. The van der Waals surface area contributed by atoms with E-state index in [1.165, 1.54) is 30.0 Å². The smallest absolute Gasteiger partial charge is 0.279 e. The molecule has 0 fully saturated rings. The third-order valence-corrected chi connectivity index (χ3v) is 4.32. The number of benzene rings is 2. The average molecular weight is 329 g/mol. The van der Waals surface area contributed by atoms with Gasteiger partial charge in [-0.1, -0.05) is 6.07 Å². The van der Waals surface area contributed by atoms with Gasteiger partial charge in [-0.2, -0.15) is 0 Å². The quantitative estimate of drug-likeness (QED) is 0.648. The second kappa shape index (κ2) is 5.57. The fourth-order valence-corrected chi connectivity index (χ4v) is 3.23. The van der Waals surface area contributed by atoms with E-state index in [1.807, 2.05) is 0 Å². The molecular weight excluding hydrogens is 314 g/mol. The summed E-state index contributed by atoms with van der Waals surface area (Å²) in [6.07, 6.45) is 0. The van der Waals surface area contributed by atoms with Crippen LogP contribution in [0.1, 0.15) is 28.8 Å². The van der Waals surface area contributed by atoms with Crippen LogP contribution in [0.4, 0.5) is 11.4 Å². The van der Waals surface area contributed by atoms with Crippen LogP contribution < -0.4 is 10.6 Å². The number of amides is 2. The van der Waals surface area contributed by atoms with Crippen LogP contribution in [0.25, 0.3) is 10.8 Å². The Labute approximate surface area is 136 Å². The molecule has 24 heavy (non-hydrogen) atoms. The Kier molecular flexibility index (Phi) is 3.69. The Morgan fingerprint density at radius 3 is 2.62 bits per heavy atom. The van der Waals surface area contributed by atoms with Crippen molar-refractivity contribution in [3.8, 4) is 0 Å². The molecule has 1 heterocycles. The zero-order chi connectivity index (χ0) is 17.6. The van der Waals surface area contributed by atoms with E-state index in [-0.39, 0.29) is 41.6 Å². The highest BCUT2D eigenvalue weighted by atomic mass is 16.6. The van der Waals surface area contributed by atoms with Gasteiger partial charge in [0.1, 0.15) is 0 Å². The van der Waals surface area contributed by atoms with E-state index in [2.05, 4.69) is 0 Å². The normalized spacial score (nSPS) is 16.2. The Hall–Kier alpha value is -3.00. The standard InChI is InChI=1S/C16H15N3O5/c1-8(21)18-6-10(7-20)15-11-3-2-9(16(17)22)4-12(11)13(19(23)24)5-14(15)18/h2-5,10,20H,6-7H2,1H3,(H2,17,22). The van der Waals surface area contributed by atoms with Crippen molar-refractivity contribution in [2.45, 2.75) is 12.8 Å². The SMILES string of the molecule is CC(=O)N1CC(CO)c2c1cc([N+](=O)[O-])c1cc(C(N)=O)ccc21. The molecule has 0 bridgehead atoms. The molecule has 0 saturated carbocycles. The van der Waals surface area contributed by atoms with E-state index < -0.39 is 10.8 Å². The molecule has 124 valence electrons. The predicted octanol–water partition coefficient (Wildman–Crippen LogP) is 1.29. The van der Waals surface area contributed by atoms with Gasteiger partial charge in [0, 0.05) is 31.0 Å². The van der Waals surface area contributed by atoms with Gasteiger partial charge in [-0.05, 0) is 23.1 Å². The van der Waals surface area contributed by atoms with Gasteiger partial charge < -0.3 is 15.7 Å². The minimum atomic E-state index is -0.684. The van der Waals surface area contributed by atoms with Crippen molar-refractivity contribution in [3.63, 3.8) is 0 Å². The highest BCUT2D eigenvalue weighted by Crippen LogP contribution is 2.45. The first-order chi connectivity index (χ1) is 11.3. The molecule has 1 aliphatic heterocycles. The molecule has 3 N–H and O–H groups in total. The molecule has 2 aromatic carbocycles. The summed E-state index contributed by atoms with van der Waals surface area (Å²) in [4.78, 5) is 35.5. The van der Waals surface area contributed by atoms with Gasteiger partial charge >= 0.3 is 0 Å². The monoisotopic (exact) mass is 329 g/mol. The van der Waals surface area contributed by atoms with Crippen molar-refractivity contribution < 1.29 is 19.6 Å². The molecule has 1 aliphatic rings. The van der Waals surface area contributed by atoms with Crippen LogP contribution in [-0.4, -0.2) is 35.0 Å². The Bertz CT molecular complexity index is 893. The van der Waals surface area contributed by atoms with Crippen LogP contribution in [0.5, 0.6) is 0 Å². The van der Waals surface area contributed by atoms with Crippen LogP contribution in [0.3, 0.4) is 0 Å². The number of nitrogens with two attached hydrogens (primary N) is 1. The number of non-ortho nitro benzene ring substituents is 1. The average Bonchev–Trinajstić information content (AvgIpc) is 2.92. The minimum Gasteiger partial charge on any atom is -0.396 e. The maximum absolute atomic E-state index is 11.8. The van der Waals surface area contributed by atoms with E-state index in [4.69, 9.17) is 5.73 Å². The fraction of sp³-hybridized carbons (Fsp3) is 0.250. The van der Waals surface area contributed by atoms with Gasteiger partial charge in [0.05, 0.1) is 22.6 Å². The third-order valence-electron chi connectivity index (χ3n) is 4.32. The first-order valence-electron chi connectivity index (χ1n) is 7.29. The van der Waals surface area contributed by atoms with Gasteiger partial charge in [0.25, 0.3) is 5.69 Å². The van der Waals surface area contributed by atoms with Gasteiger partial charge in [0.15, 0.2) is 0 Å². The van der Waals surface area contributed by atoms with E-state index in [0.29, 0.717) is 16.6 Å². The number of nitrogens with zero attached hydrogens (tertiary/aromatic N) is 2. The Balaban J connectivity index is 2.40. The van der Waals surface area contributed by atoms with Crippen molar-refractivity contribution in [2.24, 2.45) is 5.73 Å². The van der Waals surface area contributed by atoms with E-state index >= 15 is 0 Å². The Morgan fingerprint density at radius 1 is 1.38 bits per heavy atom. The highest BCUT2D eigenvalue weighted by Gasteiger charge is 2.35. The second-order valence-corrected chi connectivity index (χ2v) is 5.72.